The van der Waals surface area contributed by atoms with Gasteiger partial charge in [0.05, 0.1) is 22.7 Å². The van der Waals surface area contributed by atoms with E-state index in [1.807, 2.05) is 43.5 Å². The van der Waals surface area contributed by atoms with Crippen LogP contribution in [0.4, 0.5) is 5.69 Å². The van der Waals surface area contributed by atoms with Gasteiger partial charge in [0.15, 0.2) is 0 Å². The maximum absolute atomic E-state index is 13.1. The third-order valence-electron chi connectivity index (χ3n) is 5.93. The van der Waals surface area contributed by atoms with Gasteiger partial charge in [-0.3, -0.25) is 4.79 Å². The molecule has 0 bridgehead atoms. The van der Waals surface area contributed by atoms with Crippen LogP contribution >= 0.6 is 23.2 Å². The van der Waals surface area contributed by atoms with Crippen LogP contribution in [-0.4, -0.2) is 37.0 Å². The molecule has 0 aromatic heterocycles. The van der Waals surface area contributed by atoms with Gasteiger partial charge < -0.3 is 15.5 Å². The van der Waals surface area contributed by atoms with Gasteiger partial charge in [0.1, 0.15) is 0 Å². The minimum atomic E-state index is -0.108. The molecule has 1 aliphatic carbocycles. The van der Waals surface area contributed by atoms with E-state index in [0.717, 1.165) is 30.6 Å². The number of anilines is 1. The lowest BCUT2D eigenvalue weighted by Gasteiger charge is -2.28. The van der Waals surface area contributed by atoms with Crippen molar-refractivity contribution in [2.24, 2.45) is 0 Å². The minimum Gasteiger partial charge on any atom is -0.355 e. The summed E-state index contributed by atoms with van der Waals surface area (Å²) in [5, 5.41) is 7.35. The van der Waals surface area contributed by atoms with Gasteiger partial charge in [0.25, 0.3) is 0 Å². The van der Waals surface area contributed by atoms with Crippen molar-refractivity contribution in [2.45, 2.75) is 52.0 Å². The van der Waals surface area contributed by atoms with Crippen LogP contribution in [0, 0.1) is 0 Å². The molecule has 0 spiro atoms. The molecule has 0 saturated heterocycles. The van der Waals surface area contributed by atoms with E-state index >= 15 is 0 Å². The van der Waals surface area contributed by atoms with Crippen LogP contribution < -0.4 is 10.6 Å². The largest absolute Gasteiger partial charge is 0.355 e. The van der Waals surface area contributed by atoms with Crippen molar-refractivity contribution in [3.8, 4) is 0 Å². The zero-order valence-electron chi connectivity index (χ0n) is 19.6. The van der Waals surface area contributed by atoms with Gasteiger partial charge in [-0.1, -0.05) is 69.1 Å². The second kappa shape index (κ2) is 10.3. The van der Waals surface area contributed by atoms with Gasteiger partial charge in [-0.2, -0.15) is 0 Å². The number of nitrogens with zero attached hydrogens (tertiary/aromatic N) is 1. The zero-order chi connectivity index (χ0) is 23.5. The van der Waals surface area contributed by atoms with Gasteiger partial charge in [0, 0.05) is 11.4 Å². The van der Waals surface area contributed by atoms with Crippen LogP contribution in [0.3, 0.4) is 0 Å². The Labute approximate surface area is 202 Å². The monoisotopic (exact) mass is 473 g/mol. The Bertz CT molecular complexity index is 999. The van der Waals surface area contributed by atoms with Crippen molar-refractivity contribution < 1.29 is 4.79 Å². The average molecular weight is 474 g/mol. The van der Waals surface area contributed by atoms with Crippen LogP contribution in [0.2, 0.25) is 0 Å². The SMILES string of the molecule is CCC1=C(CCNC)C2=CC=C(Cl)C(Cl)=CC2N1CC(=O)Nc1cccc(C(C)(C)C)c1. The quantitative estimate of drug-likeness (QED) is 0.505. The number of allylic oxidation sites excluding steroid dienone is 5. The van der Waals surface area contributed by atoms with Crippen LogP contribution in [0.5, 0.6) is 0 Å². The Morgan fingerprint density at radius 3 is 2.56 bits per heavy atom. The van der Waals surface area contributed by atoms with Crippen molar-refractivity contribution in [1.29, 1.82) is 0 Å². The first-order chi connectivity index (χ1) is 15.2. The van der Waals surface area contributed by atoms with E-state index in [1.165, 1.54) is 16.8 Å². The van der Waals surface area contributed by atoms with Gasteiger partial charge in [0.2, 0.25) is 5.91 Å². The van der Waals surface area contributed by atoms with E-state index < -0.39 is 0 Å². The molecule has 32 heavy (non-hydrogen) atoms. The van der Waals surface area contributed by atoms with Gasteiger partial charge in [-0.05, 0) is 72.8 Å². The lowest BCUT2D eigenvalue weighted by Crippen LogP contribution is -2.36. The number of nitrogens with one attached hydrogen (secondary N) is 2. The minimum absolute atomic E-state index is 0.0177. The van der Waals surface area contributed by atoms with Crippen LogP contribution in [0.15, 0.2) is 69.4 Å². The molecule has 1 aromatic rings. The Balaban J connectivity index is 1.88. The molecular formula is C26H33Cl2N3O. The highest BCUT2D eigenvalue weighted by atomic mass is 35.5. The molecule has 1 amide bonds. The summed E-state index contributed by atoms with van der Waals surface area (Å²) in [5.41, 5.74) is 5.62. The van der Waals surface area contributed by atoms with Crippen molar-refractivity contribution in [1.82, 2.24) is 10.2 Å². The molecule has 0 saturated carbocycles. The normalized spacial score (nSPS) is 18.7. The van der Waals surface area contributed by atoms with Gasteiger partial charge in [-0.15, -0.1) is 0 Å². The number of carbonyl (C=O) groups excluding carboxylic acids is 1. The van der Waals surface area contributed by atoms with Crippen molar-refractivity contribution in [3.05, 3.63) is 75.0 Å². The number of rotatable bonds is 7. The summed E-state index contributed by atoms with van der Waals surface area (Å²) in [6.07, 6.45) is 7.57. The van der Waals surface area contributed by atoms with E-state index in [4.69, 9.17) is 23.2 Å². The Morgan fingerprint density at radius 2 is 1.91 bits per heavy atom. The molecule has 6 heteroatoms. The lowest BCUT2D eigenvalue weighted by atomic mass is 9.87. The second-order valence-electron chi connectivity index (χ2n) is 9.24. The molecule has 1 heterocycles. The summed E-state index contributed by atoms with van der Waals surface area (Å²) in [6.45, 7) is 9.73. The van der Waals surface area contributed by atoms with E-state index in [1.54, 1.807) is 0 Å². The van der Waals surface area contributed by atoms with E-state index in [2.05, 4.69) is 49.3 Å². The fourth-order valence-electron chi connectivity index (χ4n) is 4.26. The molecule has 0 fully saturated rings. The fraction of sp³-hybridized carbons (Fsp3) is 0.423. The highest BCUT2D eigenvalue weighted by molar-refractivity contribution is 6.44. The number of benzene rings is 1. The molecule has 1 aromatic carbocycles. The van der Waals surface area contributed by atoms with Gasteiger partial charge in [-0.25, -0.2) is 0 Å². The summed E-state index contributed by atoms with van der Waals surface area (Å²) in [5.74, 6) is -0.0518. The first-order valence-electron chi connectivity index (χ1n) is 11.1. The van der Waals surface area contributed by atoms with Crippen LogP contribution in [-0.2, 0) is 10.2 Å². The molecule has 2 aliphatic rings. The van der Waals surface area contributed by atoms with Crippen LogP contribution in [0.25, 0.3) is 0 Å². The fourth-order valence-corrected chi connectivity index (χ4v) is 4.57. The number of fused-ring (bicyclic) bond motifs is 1. The number of hydrogen-bond donors (Lipinski definition) is 2. The average Bonchev–Trinajstić information content (AvgIpc) is 2.91. The smallest absolute Gasteiger partial charge is 0.243 e. The molecule has 1 aliphatic heterocycles. The predicted molar refractivity (Wildman–Crippen MR) is 136 cm³/mol. The standard InChI is InChI=1S/C26H33Cl2N3O/c1-6-23-20(12-13-29-5)19-10-11-21(27)22(28)15-24(19)31(23)16-25(32)30-18-9-7-8-17(14-18)26(2,3)4/h7-11,14-15,24,29H,6,12-13,16H2,1-5H3,(H,30,32). The molecular weight excluding hydrogens is 441 g/mol. The highest BCUT2D eigenvalue weighted by Gasteiger charge is 2.35. The molecule has 172 valence electrons. The zero-order valence-corrected chi connectivity index (χ0v) is 21.1. The Morgan fingerprint density at radius 1 is 1.16 bits per heavy atom. The summed E-state index contributed by atoms with van der Waals surface area (Å²) >= 11 is 12.8. The maximum atomic E-state index is 13.1. The first-order valence-corrected chi connectivity index (χ1v) is 11.9. The number of amides is 1. The third kappa shape index (κ3) is 5.48. The number of halogens is 2. The molecule has 1 atom stereocenters. The first kappa shape index (κ1) is 24.6. The topological polar surface area (TPSA) is 44.4 Å². The molecule has 3 rings (SSSR count). The number of hydrogen-bond acceptors (Lipinski definition) is 3. The highest BCUT2D eigenvalue weighted by Crippen LogP contribution is 2.41. The third-order valence-corrected chi connectivity index (χ3v) is 6.68. The Kier molecular flexibility index (Phi) is 7.92. The van der Waals surface area contributed by atoms with Crippen LogP contribution in [0.1, 0.15) is 46.1 Å². The summed E-state index contributed by atoms with van der Waals surface area (Å²) < 4.78 is 0. The van der Waals surface area contributed by atoms with Crippen molar-refractivity contribution in [2.75, 3.05) is 25.5 Å². The molecule has 2 N–H and O–H groups in total. The second-order valence-corrected chi connectivity index (χ2v) is 10.0. The van der Waals surface area contributed by atoms with E-state index in [0.29, 0.717) is 10.1 Å². The molecule has 4 nitrogen and oxygen atoms in total. The number of carbonyl (C=O) groups is 1. The Hall–Kier alpha value is -2.01. The van der Waals surface area contributed by atoms with Crippen molar-refractivity contribution in [3.63, 3.8) is 0 Å². The molecule has 1 unspecified atom stereocenters. The molecule has 0 radical (unpaired) electrons. The summed E-state index contributed by atoms with van der Waals surface area (Å²) in [6, 6.07) is 7.96. The van der Waals surface area contributed by atoms with Crippen molar-refractivity contribution >= 4 is 34.8 Å². The van der Waals surface area contributed by atoms with Gasteiger partial charge >= 0.3 is 0 Å². The summed E-state index contributed by atoms with van der Waals surface area (Å²) in [4.78, 5) is 15.3. The predicted octanol–water partition coefficient (Wildman–Crippen LogP) is 6.07. The lowest BCUT2D eigenvalue weighted by molar-refractivity contribution is -0.117. The van der Waals surface area contributed by atoms with E-state index in [9.17, 15) is 4.79 Å². The maximum Gasteiger partial charge on any atom is 0.243 e. The summed E-state index contributed by atoms with van der Waals surface area (Å²) in [7, 11) is 1.95. The van der Waals surface area contributed by atoms with E-state index in [-0.39, 0.29) is 23.9 Å².